The van der Waals surface area contributed by atoms with Crippen LogP contribution in [0.5, 0.6) is 0 Å². The van der Waals surface area contributed by atoms with Gasteiger partial charge in [-0.2, -0.15) is 0 Å². The van der Waals surface area contributed by atoms with Crippen LogP contribution in [0.4, 0.5) is 15.8 Å². The van der Waals surface area contributed by atoms with Gasteiger partial charge in [-0.1, -0.05) is 13.0 Å². The smallest absolute Gasteiger partial charge is 0.148 e. The van der Waals surface area contributed by atoms with Gasteiger partial charge in [-0.05, 0) is 24.5 Å². The number of benzene rings is 1. The van der Waals surface area contributed by atoms with Crippen LogP contribution in [0.2, 0.25) is 0 Å². The van der Waals surface area contributed by atoms with Crippen LogP contribution in [0.1, 0.15) is 13.3 Å². The number of nitrogens with zero attached hydrogens (tertiary/aromatic N) is 1. The van der Waals surface area contributed by atoms with Crippen LogP contribution >= 0.6 is 0 Å². The summed E-state index contributed by atoms with van der Waals surface area (Å²) in [6, 6.07) is 5.00. The Labute approximate surface area is 83.5 Å². The molecule has 1 aromatic rings. The second-order valence-electron chi connectivity index (χ2n) is 4.01. The Morgan fingerprint density at radius 2 is 2.29 bits per heavy atom. The molecule has 1 aliphatic heterocycles. The number of hydrogen-bond donors (Lipinski definition) is 1. The molecule has 1 fully saturated rings. The zero-order chi connectivity index (χ0) is 10.1. The molecule has 0 aromatic heterocycles. The highest BCUT2D eigenvalue weighted by Crippen LogP contribution is 2.29. The number of hydrogen-bond acceptors (Lipinski definition) is 2. The average molecular weight is 194 g/mol. The van der Waals surface area contributed by atoms with E-state index in [1.54, 1.807) is 6.07 Å². The van der Waals surface area contributed by atoms with Crippen LogP contribution < -0.4 is 10.6 Å². The van der Waals surface area contributed by atoms with Crippen LogP contribution in [-0.4, -0.2) is 13.1 Å². The van der Waals surface area contributed by atoms with E-state index >= 15 is 0 Å². The summed E-state index contributed by atoms with van der Waals surface area (Å²) < 4.78 is 13.2. The van der Waals surface area contributed by atoms with Crippen molar-refractivity contribution in [2.75, 3.05) is 23.7 Å². The predicted octanol–water partition coefficient (Wildman–Crippen LogP) is 2.25. The molecule has 1 unspecified atom stereocenters. The molecule has 0 radical (unpaired) electrons. The summed E-state index contributed by atoms with van der Waals surface area (Å²) in [4.78, 5) is 2.16. The lowest BCUT2D eigenvalue weighted by Crippen LogP contribution is -2.20. The van der Waals surface area contributed by atoms with Crippen LogP contribution in [0.15, 0.2) is 18.2 Å². The van der Waals surface area contributed by atoms with Gasteiger partial charge in [0.25, 0.3) is 0 Å². The predicted molar refractivity (Wildman–Crippen MR) is 56.8 cm³/mol. The van der Waals surface area contributed by atoms with Crippen LogP contribution in [-0.2, 0) is 0 Å². The maximum absolute atomic E-state index is 13.2. The molecule has 1 atom stereocenters. The Morgan fingerprint density at radius 3 is 2.93 bits per heavy atom. The molecule has 0 bridgehead atoms. The number of anilines is 2. The molecule has 1 heterocycles. The second-order valence-corrected chi connectivity index (χ2v) is 4.01. The summed E-state index contributed by atoms with van der Waals surface area (Å²) >= 11 is 0. The maximum atomic E-state index is 13.2. The minimum atomic E-state index is -0.318. The minimum absolute atomic E-state index is 0.279. The first kappa shape index (κ1) is 9.31. The number of para-hydroxylation sites is 1. The van der Waals surface area contributed by atoms with Crippen molar-refractivity contribution in [3.8, 4) is 0 Å². The van der Waals surface area contributed by atoms with Gasteiger partial charge in [-0.25, -0.2) is 4.39 Å². The van der Waals surface area contributed by atoms with Gasteiger partial charge in [0.05, 0.1) is 11.4 Å². The van der Waals surface area contributed by atoms with Gasteiger partial charge in [0, 0.05) is 13.1 Å². The summed E-state index contributed by atoms with van der Waals surface area (Å²) in [5.74, 6) is 0.361. The van der Waals surface area contributed by atoms with Crippen LogP contribution in [0, 0.1) is 11.7 Å². The Hall–Kier alpha value is -1.25. The molecule has 2 N–H and O–H groups in total. The lowest BCUT2D eigenvalue weighted by molar-refractivity contribution is 0.631. The average Bonchev–Trinajstić information content (AvgIpc) is 2.57. The normalized spacial score (nSPS) is 21.6. The molecular formula is C11H15FN2. The van der Waals surface area contributed by atoms with E-state index < -0.39 is 0 Å². The molecule has 76 valence electrons. The summed E-state index contributed by atoms with van der Waals surface area (Å²) in [5.41, 5.74) is 6.81. The lowest BCUT2D eigenvalue weighted by Gasteiger charge is -2.20. The quantitative estimate of drug-likeness (QED) is 0.695. The van der Waals surface area contributed by atoms with E-state index in [4.69, 9.17) is 5.73 Å². The number of rotatable bonds is 1. The molecule has 2 nitrogen and oxygen atoms in total. The topological polar surface area (TPSA) is 29.3 Å². The zero-order valence-electron chi connectivity index (χ0n) is 8.33. The number of halogens is 1. The highest BCUT2D eigenvalue weighted by molar-refractivity contribution is 5.68. The van der Waals surface area contributed by atoms with Crippen molar-refractivity contribution in [1.29, 1.82) is 0 Å². The Balaban J connectivity index is 2.28. The van der Waals surface area contributed by atoms with Crippen molar-refractivity contribution in [3.05, 3.63) is 24.0 Å². The molecule has 0 spiro atoms. The second kappa shape index (κ2) is 3.48. The third-order valence-electron chi connectivity index (χ3n) is 2.79. The molecule has 0 saturated carbocycles. The van der Waals surface area contributed by atoms with E-state index in [2.05, 4.69) is 11.8 Å². The van der Waals surface area contributed by atoms with Crippen molar-refractivity contribution in [2.24, 2.45) is 5.92 Å². The van der Waals surface area contributed by atoms with Gasteiger partial charge in [-0.3, -0.25) is 0 Å². The first-order valence-corrected chi connectivity index (χ1v) is 4.97. The van der Waals surface area contributed by atoms with Crippen molar-refractivity contribution in [3.63, 3.8) is 0 Å². The Bertz CT molecular complexity index is 338. The molecule has 0 aliphatic carbocycles. The minimum Gasteiger partial charge on any atom is -0.395 e. The lowest BCUT2D eigenvalue weighted by atomic mass is 10.2. The standard InChI is InChI=1S/C11H15FN2/c1-8-5-6-14(7-8)10-4-2-3-9(12)11(10)13/h2-4,8H,5-7,13H2,1H3. The van der Waals surface area contributed by atoms with Gasteiger partial charge >= 0.3 is 0 Å². The van der Waals surface area contributed by atoms with Crippen molar-refractivity contribution < 1.29 is 4.39 Å². The van der Waals surface area contributed by atoms with E-state index in [-0.39, 0.29) is 11.5 Å². The zero-order valence-corrected chi connectivity index (χ0v) is 8.33. The van der Waals surface area contributed by atoms with Gasteiger partial charge in [0.15, 0.2) is 0 Å². The Kier molecular flexibility index (Phi) is 2.32. The van der Waals surface area contributed by atoms with Crippen LogP contribution in [0.3, 0.4) is 0 Å². The Morgan fingerprint density at radius 1 is 1.50 bits per heavy atom. The van der Waals surface area contributed by atoms with Crippen LogP contribution in [0.25, 0.3) is 0 Å². The summed E-state index contributed by atoms with van der Waals surface area (Å²) in [5, 5.41) is 0. The molecule has 2 rings (SSSR count). The largest absolute Gasteiger partial charge is 0.395 e. The highest BCUT2D eigenvalue weighted by atomic mass is 19.1. The van der Waals surface area contributed by atoms with E-state index in [0.717, 1.165) is 25.2 Å². The van der Waals surface area contributed by atoms with Gasteiger partial charge in [0.1, 0.15) is 5.82 Å². The molecule has 1 aromatic carbocycles. The summed E-state index contributed by atoms with van der Waals surface area (Å²) in [7, 11) is 0. The molecule has 14 heavy (non-hydrogen) atoms. The molecule has 1 saturated heterocycles. The van der Waals surface area contributed by atoms with Gasteiger partial charge < -0.3 is 10.6 Å². The van der Waals surface area contributed by atoms with Crippen molar-refractivity contribution >= 4 is 11.4 Å². The monoisotopic (exact) mass is 194 g/mol. The maximum Gasteiger partial charge on any atom is 0.148 e. The SMILES string of the molecule is CC1CCN(c2cccc(F)c2N)C1. The fourth-order valence-corrected chi connectivity index (χ4v) is 1.96. The van der Waals surface area contributed by atoms with Gasteiger partial charge in [-0.15, -0.1) is 0 Å². The van der Waals surface area contributed by atoms with E-state index in [1.165, 1.54) is 6.07 Å². The number of nitrogens with two attached hydrogens (primary N) is 1. The van der Waals surface area contributed by atoms with Gasteiger partial charge in [0.2, 0.25) is 0 Å². The highest BCUT2D eigenvalue weighted by Gasteiger charge is 2.21. The summed E-state index contributed by atoms with van der Waals surface area (Å²) in [6.45, 7) is 4.16. The summed E-state index contributed by atoms with van der Waals surface area (Å²) in [6.07, 6.45) is 1.16. The third kappa shape index (κ3) is 1.54. The molecule has 0 amide bonds. The molecular weight excluding hydrogens is 179 g/mol. The van der Waals surface area contributed by atoms with Crippen molar-refractivity contribution in [1.82, 2.24) is 0 Å². The fourth-order valence-electron chi connectivity index (χ4n) is 1.96. The first-order valence-electron chi connectivity index (χ1n) is 4.97. The number of nitrogen functional groups attached to an aromatic ring is 1. The van der Waals surface area contributed by atoms with E-state index in [1.807, 2.05) is 6.07 Å². The molecule has 1 aliphatic rings. The van der Waals surface area contributed by atoms with Crippen molar-refractivity contribution in [2.45, 2.75) is 13.3 Å². The molecule has 3 heteroatoms. The third-order valence-corrected chi connectivity index (χ3v) is 2.79. The first-order chi connectivity index (χ1) is 6.68. The van der Waals surface area contributed by atoms with E-state index in [9.17, 15) is 4.39 Å². The van der Waals surface area contributed by atoms with E-state index in [0.29, 0.717) is 5.92 Å². The fraction of sp³-hybridized carbons (Fsp3) is 0.455.